The first-order valence-electron chi connectivity index (χ1n) is 5.09. The van der Waals surface area contributed by atoms with E-state index in [9.17, 15) is 13.2 Å². The Morgan fingerprint density at radius 1 is 1.31 bits per heavy atom. The predicted molar refractivity (Wildman–Crippen MR) is 61.1 cm³/mol. The van der Waals surface area contributed by atoms with E-state index in [2.05, 4.69) is 0 Å². The van der Waals surface area contributed by atoms with Crippen molar-refractivity contribution < 1.29 is 13.2 Å². The fourth-order valence-corrected chi connectivity index (χ4v) is 2.46. The van der Waals surface area contributed by atoms with Crippen LogP contribution in [0.3, 0.4) is 0 Å². The number of carbonyl (C=O) groups is 1. The summed E-state index contributed by atoms with van der Waals surface area (Å²) in [5, 5.41) is 0. The van der Waals surface area contributed by atoms with E-state index in [4.69, 9.17) is 0 Å². The third kappa shape index (κ3) is 2.09. The number of amides is 1. The largest absolute Gasteiger partial charge is 0.312 e. The number of hydrogen-bond donors (Lipinski definition) is 0. The van der Waals surface area contributed by atoms with Gasteiger partial charge >= 0.3 is 0 Å². The average Bonchev–Trinajstić information content (AvgIpc) is 2.63. The molecular weight excluding hydrogens is 226 g/mol. The molecule has 0 atom stereocenters. The number of anilines is 1. The van der Waals surface area contributed by atoms with Crippen LogP contribution >= 0.6 is 0 Å². The molecular formula is C11H13NO3S. The lowest BCUT2D eigenvalue weighted by atomic mass is 10.3. The molecule has 86 valence electrons. The van der Waals surface area contributed by atoms with Crippen molar-refractivity contribution in [1.82, 2.24) is 0 Å². The van der Waals surface area contributed by atoms with Gasteiger partial charge in [0.2, 0.25) is 5.91 Å². The minimum Gasteiger partial charge on any atom is -0.312 e. The highest BCUT2D eigenvalue weighted by Crippen LogP contribution is 2.23. The fraction of sp³-hybridized carbons (Fsp3) is 0.364. The quantitative estimate of drug-likeness (QED) is 0.779. The zero-order valence-electron chi connectivity index (χ0n) is 9.01. The lowest BCUT2D eigenvalue weighted by Gasteiger charge is -2.16. The van der Waals surface area contributed by atoms with Gasteiger partial charge in [-0.1, -0.05) is 6.07 Å². The zero-order valence-corrected chi connectivity index (χ0v) is 9.83. The second-order valence-electron chi connectivity index (χ2n) is 3.92. The Labute approximate surface area is 94.8 Å². The molecule has 0 aliphatic carbocycles. The Bertz CT molecular complexity index is 522. The van der Waals surface area contributed by atoms with Crippen molar-refractivity contribution in [3.05, 3.63) is 24.3 Å². The van der Waals surface area contributed by atoms with Crippen molar-refractivity contribution >= 4 is 21.4 Å². The molecule has 1 aromatic carbocycles. The SMILES string of the molecule is CS(=O)(=O)c1cccc(N2CCCC2=O)c1. The molecule has 1 amide bonds. The molecule has 0 unspecified atom stereocenters. The van der Waals surface area contributed by atoms with Gasteiger partial charge in [0.1, 0.15) is 0 Å². The molecule has 0 N–H and O–H groups in total. The molecule has 1 aliphatic heterocycles. The molecule has 1 heterocycles. The lowest BCUT2D eigenvalue weighted by molar-refractivity contribution is -0.117. The van der Waals surface area contributed by atoms with Gasteiger partial charge in [0.05, 0.1) is 4.90 Å². The van der Waals surface area contributed by atoms with Gasteiger partial charge in [0.25, 0.3) is 0 Å². The number of hydrogen-bond acceptors (Lipinski definition) is 3. The molecule has 0 saturated carbocycles. The summed E-state index contributed by atoms with van der Waals surface area (Å²) < 4.78 is 22.8. The van der Waals surface area contributed by atoms with E-state index in [1.165, 1.54) is 0 Å². The normalized spacial score (nSPS) is 16.8. The Morgan fingerprint density at radius 3 is 2.62 bits per heavy atom. The van der Waals surface area contributed by atoms with Gasteiger partial charge in [0, 0.05) is 24.9 Å². The van der Waals surface area contributed by atoms with Crippen LogP contribution in [0.5, 0.6) is 0 Å². The fourth-order valence-electron chi connectivity index (χ4n) is 1.80. The van der Waals surface area contributed by atoms with Gasteiger partial charge in [-0.25, -0.2) is 8.42 Å². The molecule has 0 aromatic heterocycles. The van der Waals surface area contributed by atoms with Crippen LogP contribution in [0.25, 0.3) is 0 Å². The highest BCUT2D eigenvalue weighted by molar-refractivity contribution is 7.90. The van der Waals surface area contributed by atoms with Crippen molar-refractivity contribution in [3.63, 3.8) is 0 Å². The van der Waals surface area contributed by atoms with Crippen LogP contribution in [0.4, 0.5) is 5.69 Å². The average molecular weight is 239 g/mol. The summed E-state index contributed by atoms with van der Waals surface area (Å²) in [5.41, 5.74) is 0.672. The summed E-state index contributed by atoms with van der Waals surface area (Å²) in [7, 11) is -3.21. The summed E-state index contributed by atoms with van der Waals surface area (Å²) in [5.74, 6) is 0.0608. The maximum Gasteiger partial charge on any atom is 0.227 e. The van der Waals surface area contributed by atoms with Crippen LogP contribution in [0.2, 0.25) is 0 Å². The summed E-state index contributed by atoms with van der Waals surface area (Å²) in [6.07, 6.45) is 2.54. The van der Waals surface area contributed by atoms with Crippen LogP contribution in [0.1, 0.15) is 12.8 Å². The molecule has 1 aliphatic rings. The van der Waals surface area contributed by atoms with Gasteiger partial charge in [-0.2, -0.15) is 0 Å². The number of nitrogens with zero attached hydrogens (tertiary/aromatic N) is 1. The van der Waals surface area contributed by atoms with Gasteiger partial charge < -0.3 is 4.90 Å². The Kier molecular flexibility index (Phi) is 2.71. The molecule has 16 heavy (non-hydrogen) atoms. The number of sulfone groups is 1. The van der Waals surface area contributed by atoms with E-state index < -0.39 is 9.84 Å². The van der Waals surface area contributed by atoms with E-state index in [1.54, 1.807) is 29.2 Å². The second kappa shape index (κ2) is 3.90. The van der Waals surface area contributed by atoms with E-state index in [1.807, 2.05) is 0 Å². The van der Waals surface area contributed by atoms with Crippen molar-refractivity contribution in [2.75, 3.05) is 17.7 Å². The van der Waals surface area contributed by atoms with Crippen LogP contribution in [0, 0.1) is 0 Å². The molecule has 2 rings (SSSR count). The molecule has 1 saturated heterocycles. The second-order valence-corrected chi connectivity index (χ2v) is 5.93. The predicted octanol–water partition coefficient (Wildman–Crippen LogP) is 1.22. The third-order valence-electron chi connectivity index (χ3n) is 2.63. The van der Waals surface area contributed by atoms with Crippen LogP contribution in [-0.2, 0) is 14.6 Å². The van der Waals surface area contributed by atoms with Gasteiger partial charge in [-0.3, -0.25) is 4.79 Å². The minimum absolute atomic E-state index is 0.0608. The molecule has 1 aromatic rings. The Morgan fingerprint density at radius 2 is 2.06 bits per heavy atom. The third-order valence-corrected chi connectivity index (χ3v) is 3.74. The number of carbonyl (C=O) groups excluding carboxylic acids is 1. The standard InChI is InChI=1S/C11H13NO3S/c1-16(14,15)10-5-2-4-9(8-10)12-7-3-6-11(12)13/h2,4-5,8H,3,6-7H2,1H3. The first-order chi connectivity index (χ1) is 7.48. The van der Waals surface area contributed by atoms with Gasteiger partial charge in [-0.05, 0) is 24.6 Å². The monoisotopic (exact) mass is 239 g/mol. The van der Waals surface area contributed by atoms with E-state index >= 15 is 0 Å². The molecule has 4 nitrogen and oxygen atoms in total. The number of benzene rings is 1. The van der Waals surface area contributed by atoms with E-state index in [-0.39, 0.29) is 10.8 Å². The summed E-state index contributed by atoms with van der Waals surface area (Å²) in [4.78, 5) is 13.4. The molecule has 0 spiro atoms. The van der Waals surface area contributed by atoms with Crippen LogP contribution in [-0.4, -0.2) is 27.1 Å². The smallest absolute Gasteiger partial charge is 0.227 e. The topological polar surface area (TPSA) is 54.5 Å². The first kappa shape index (κ1) is 11.1. The first-order valence-corrected chi connectivity index (χ1v) is 6.98. The maximum atomic E-state index is 11.5. The summed E-state index contributed by atoms with van der Waals surface area (Å²) in [6, 6.07) is 6.52. The number of rotatable bonds is 2. The maximum absolute atomic E-state index is 11.5. The van der Waals surface area contributed by atoms with E-state index in [0.29, 0.717) is 18.7 Å². The zero-order chi connectivity index (χ0) is 11.8. The summed E-state index contributed by atoms with van der Waals surface area (Å²) in [6.45, 7) is 0.673. The highest BCUT2D eigenvalue weighted by atomic mass is 32.2. The van der Waals surface area contributed by atoms with Crippen LogP contribution in [0.15, 0.2) is 29.2 Å². The highest BCUT2D eigenvalue weighted by Gasteiger charge is 2.22. The van der Waals surface area contributed by atoms with E-state index in [0.717, 1.165) is 12.7 Å². The van der Waals surface area contributed by atoms with Crippen LogP contribution < -0.4 is 4.90 Å². The lowest BCUT2D eigenvalue weighted by Crippen LogP contribution is -2.23. The molecule has 1 fully saturated rings. The van der Waals surface area contributed by atoms with Crippen molar-refractivity contribution in [2.24, 2.45) is 0 Å². The molecule has 0 bridgehead atoms. The Balaban J connectivity index is 2.40. The van der Waals surface area contributed by atoms with Gasteiger partial charge in [-0.15, -0.1) is 0 Å². The summed E-state index contributed by atoms with van der Waals surface area (Å²) >= 11 is 0. The van der Waals surface area contributed by atoms with Crippen molar-refractivity contribution in [2.45, 2.75) is 17.7 Å². The Hall–Kier alpha value is -1.36. The van der Waals surface area contributed by atoms with Gasteiger partial charge in [0.15, 0.2) is 9.84 Å². The minimum atomic E-state index is -3.21. The molecule has 5 heteroatoms. The van der Waals surface area contributed by atoms with Crippen molar-refractivity contribution in [3.8, 4) is 0 Å². The molecule has 0 radical (unpaired) electrons. The van der Waals surface area contributed by atoms with Crippen molar-refractivity contribution in [1.29, 1.82) is 0 Å².